The number of rotatable bonds is 6. The molecule has 0 saturated heterocycles. The number of nitrogens with one attached hydrogen (secondary N) is 1. The van der Waals surface area contributed by atoms with Gasteiger partial charge in [0.25, 0.3) is 0 Å². The zero-order valence-electron chi connectivity index (χ0n) is 14.4. The van der Waals surface area contributed by atoms with E-state index in [-0.39, 0.29) is 18.2 Å². The first-order chi connectivity index (χ1) is 12.3. The molecular formula is C19H19BrCl2N2O2. The second-order valence-electron chi connectivity index (χ2n) is 5.85. The van der Waals surface area contributed by atoms with Crippen molar-refractivity contribution in [2.75, 3.05) is 7.05 Å². The maximum absolute atomic E-state index is 12.9. The molecule has 0 heterocycles. The molecule has 0 fully saturated rings. The lowest BCUT2D eigenvalue weighted by Gasteiger charge is -2.28. The number of nitrogens with zero attached hydrogens (tertiary/aromatic N) is 1. The minimum absolute atomic E-state index is 0.0886. The molecule has 1 N–H and O–H groups in total. The average Bonchev–Trinajstić information content (AvgIpc) is 2.60. The highest BCUT2D eigenvalue weighted by molar-refractivity contribution is 9.10. The molecule has 138 valence electrons. The van der Waals surface area contributed by atoms with Crippen molar-refractivity contribution in [3.63, 3.8) is 0 Å². The van der Waals surface area contributed by atoms with E-state index in [1.807, 2.05) is 24.3 Å². The van der Waals surface area contributed by atoms with Gasteiger partial charge in [-0.25, -0.2) is 0 Å². The standard InChI is InChI=1S/C19H19BrCl2N2O2/c1-12(19(26)23-2)24(11-13-4-3-5-15(20)8-13)18(25)9-14-6-7-16(21)10-17(14)22/h3-8,10,12H,9,11H2,1-2H3,(H,23,26)/t12-/m1/s1. The fourth-order valence-corrected chi connectivity index (χ4v) is 3.48. The molecule has 7 heteroatoms. The lowest BCUT2D eigenvalue weighted by atomic mass is 10.1. The van der Waals surface area contributed by atoms with E-state index in [0.717, 1.165) is 10.0 Å². The number of hydrogen-bond acceptors (Lipinski definition) is 2. The van der Waals surface area contributed by atoms with Crippen molar-refractivity contribution < 1.29 is 9.59 Å². The monoisotopic (exact) mass is 456 g/mol. The zero-order valence-corrected chi connectivity index (χ0v) is 17.5. The van der Waals surface area contributed by atoms with Gasteiger partial charge in [-0.15, -0.1) is 0 Å². The number of amides is 2. The molecule has 0 aliphatic carbocycles. The molecule has 2 amide bonds. The van der Waals surface area contributed by atoms with Gasteiger partial charge in [0, 0.05) is 28.1 Å². The summed E-state index contributed by atoms with van der Waals surface area (Å²) in [6.07, 6.45) is 0.0886. The molecule has 1 atom stereocenters. The van der Waals surface area contributed by atoms with E-state index in [1.54, 1.807) is 37.1 Å². The normalized spacial score (nSPS) is 11.7. The van der Waals surface area contributed by atoms with E-state index in [9.17, 15) is 9.59 Å². The van der Waals surface area contributed by atoms with Gasteiger partial charge in [-0.2, -0.15) is 0 Å². The molecule has 0 unspecified atom stereocenters. The van der Waals surface area contributed by atoms with Crippen LogP contribution in [0.25, 0.3) is 0 Å². The van der Waals surface area contributed by atoms with Crippen molar-refractivity contribution in [2.45, 2.75) is 25.9 Å². The van der Waals surface area contributed by atoms with Crippen LogP contribution in [0.2, 0.25) is 10.0 Å². The molecule has 0 radical (unpaired) electrons. The molecule has 0 aliphatic rings. The van der Waals surface area contributed by atoms with Crippen molar-refractivity contribution in [3.05, 3.63) is 68.1 Å². The fraction of sp³-hybridized carbons (Fsp3) is 0.263. The molecule has 26 heavy (non-hydrogen) atoms. The summed E-state index contributed by atoms with van der Waals surface area (Å²) in [5.41, 5.74) is 1.59. The Hall–Kier alpha value is -1.56. The molecular weight excluding hydrogens is 439 g/mol. The third kappa shape index (κ3) is 5.47. The first-order valence-electron chi connectivity index (χ1n) is 8.01. The van der Waals surface area contributed by atoms with E-state index in [0.29, 0.717) is 22.2 Å². The smallest absolute Gasteiger partial charge is 0.242 e. The van der Waals surface area contributed by atoms with Gasteiger partial charge in [0.15, 0.2) is 0 Å². The number of carbonyl (C=O) groups is 2. The summed E-state index contributed by atoms with van der Waals surface area (Å²) in [6, 6.07) is 12.0. The van der Waals surface area contributed by atoms with E-state index >= 15 is 0 Å². The lowest BCUT2D eigenvalue weighted by Crippen LogP contribution is -2.47. The van der Waals surface area contributed by atoms with Crippen LogP contribution >= 0.6 is 39.1 Å². The van der Waals surface area contributed by atoms with Crippen LogP contribution in [0, 0.1) is 0 Å². The quantitative estimate of drug-likeness (QED) is 0.695. The fourth-order valence-electron chi connectivity index (χ4n) is 2.55. The summed E-state index contributed by atoms with van der Waals surface area (Å²) >= 11 is 15.5. The Morgan fingerprint density at radius 1 is 1.19 bits per heavy atom. The van der Waals surface area contributed by atoms with Crippen molar-refractivity contribution in [1.82, 2.24) is 10.2 Å². The molecule has 4 nitrogen and oxygen atoms in total. The SMILES string of the molecule is CNC(=O)[C@@H](C)N(Cc1cccc(Br)c1)C(=O)Cc1ccc(Cl)cc1Cl. The lowest BCUT2D eigenvalue weighted by molar-refractivity contribution is -0.139. The van der Waals surface area contributed by atoms with Crippen molar-refractivity contribution in [3.8, 4) is 0 Å². The zero-order chi connectivity index (χ0) is 19.3. The number of likely N-dealkylation sites (N-methyl/N-ethyl adjacent to an activating group) is 1. The Morgan fingerprint density at radius 3 is 2.54 bits per heavy atom. The van der Waals surface area contributed by atoms with Crippen LogP contribution in [0.5, 0.6) is 0 Å². The molecule has 0 saturated carbocycles. The second-order valence-corrected chi connectivity index (χ2v) is 7.61. The molecule has 0 aliphatic heterocycles. The summed E-state index contributed by atoms with van der Waals surface area (Å²) < 4.78 is 0.913. The number of benzene rings is 2. The van der Waals surface area contributed by atoms with E-state index in [2.05, 4.69) is 21.2 Å². The Kier molecular flexibility index (Phi) is 7.50. The predicted molar refractivity (Wildman–Crippen MR) is 108 cm³/mol. The maximum atomic E-state index is 12.9. The topological polar surface area (TPSA) is 49.4 Å². The number of halogens is 3. The Morgan fingerprint density at radius 2 is 1.92 bits per heavy atom. The summed E-state index contributed by atoms with van der Waals surface area (Å²) in [5, 5.41) is 3.54. The number of carbonyl (C=O) groups excluding carboxylic acids is 2. The molecule has 0 spiro atoms. The van der Waals surface area contributed by atoms with Crippen LogP contribution in [0.15, 0.2) is 46.9 Å². The molecule has 0 aromatic heterocycles. The van der Waals surface area contributed by atoms with E-state index in [4.69, 9.17) is 23.2 Å². The maximum Gasteiger partial charge on any atom is 0.242 e. The highest BCUT2D eigenvalue weighted by atomic mass is 79.9. The number of hydrogen-bond donors (Lipinski definition) is 1. The van der Waals surface area contributed by atoms with Gasteiger partial charge in [0.2, 0.25) is 11.8 Å². The third-order valence-corrected chi connectivity index (χ3v) is 5.09. The highest BCUT2D eigenvalue weighted by Gasteiger charge is 2.26. The molecule has 2 aromatic rings. The van der Waals surface area contributed by atoms with Crippen LogP contribution in [0.3, 0.4) is 0 Å². The second kappa shape index (κ2) is 9.40. The van der Waals surface area contributed by atoms with Crippen molar-refractivity contribution in [1.29, 1.82) is 0 Å². The van der Waals surface area contributed by atoms with Crippen LogP contribution in [0.1, 0.15) is 18.1 Å². The van der Waals surface area contributed by atoms with Crippen molar-refractivity contribution in [2.24, 2.45) is 0 Å². The van der Waals surface area contributed by atoms with Gasteiger partial charge >= 0.3 is 0 Å². The summed E-state index contributed by atoms with van der Waals surface area (Å²) in [4.78, 5) is 26.6. The molecule has 2 rings (SSSR count). The Balaban J connectivity index is 2.26. The van der Waals surface area contributed by atoms with Crippen LogP contribution in [0.4, 0.5) is 0 Å². The minimum atomic E-state index is -0.613. The highest BCUT2D eigenvalue weighted by Crippen LogP contribution is 2.23. The summed E-state index contributed by atoms with van der Waals surface area (Å²) in [6.45, 7) is 2.02. The van der Waals surface area contributed by atoms with Gasteiger partial charge in [-0.1, -0.05) is 57.3 Å². The third-order valence-electron chi connectivity index (χ3n) is 4.01. The van der Waals surface area contributed by atoms with Gasteiger partial charge in [0.05, 0.1) is 6.42 Å². The first-order valence-corrected chi connectivity index (χ1v) is 9.56. The first kappa shape index (κ1) is 20.7. The summed E-state index contributed by atoms with van der Waals surface area (Å²) in [7, 11) is 1.55. The van der Waals surface area contributed by atoms with Crippen LogP contribution < -0.4 is 5.32 Å². The summed E-state index contributed by atoms with van der Waals surface area (Å²) in [5.74, 6) is -0.416. The molecule has 2 aromatic carbocycles. The van der Waals surface area contributed by atoms with Gasteiger partial charge in [-0.3, -0.25) is 9.59 Å². The van der Waals surface area contributed by atoms with Gasteiger partial charge in [0.1, 0.15) is 6.04 Å². The average molecular weight is 458 g/mol. The van der Waals surface area contributed by atoms with E-state index < -0.39 is 6.04 Å². The van der Waals surface area contributed by atoms with Crippen molar-refractivity contribution >= 4 is 50.9 Å². The van der Waals surface area contributed by atoms with Crippen LogP contribution in [-0.4, -0.2) is 29.8 Å². The van der Waals surface area contributed by atoms with Crippen LogP contribution in [-0.2, 0) is 22.6 Å². The van der Waals surface area contributed by atoms with E-state index in [1.165, 1.54) is 0 Å². The molecule has 0 bridgehead atoms. The predicted octanol–water partition coefficient (Wildman–Crippen LogP) is 4.46. The Bertz CT molecular complexity index is 814. The van der Waals surface area contributed by atoms with Gasteiger partial charge < -0.3 is 10.2 Å². The largest absolute Gasteiger partial charge is 0.357 e. The van der Waals surface area contributed by atoms with Gasteiger partial charge in [-0.05, 0) is 42.3 Å². The minimum Gasteiger partial charge on any atom is -0.357 e. The Labute approximate surface area is 171 Å².